The average Bonchev–Trinajstić information content (AvgIpc) is 3.58. The zero-order chi connectivity index (χ0) is 36.6. The Labute approximate surface area is 322 Å². The van der Waals surface area contributed by atoms with E-state index >= 15 is 0 Å². The van der Waals surface area contributed by atoms with Crippen molar-refractivity contribution in [1.29, 1.82) is 0 Å². The van der Waals surface area contributed by atoms with Gasteiger partial charge in [0, 0.05) is 16.7 Å². The molecule has 8 aromatic carbocycles. The lowest BCUT2D eigenvalue weighted by Gasteiger charge is -2.34. The van der Waals surface area contributed by atoms with E-state index in [9.17, 15) is 0 Å². The third-order valence-corrected chi connectivity index (χ3v) is 11.0. The normalized spacial score (nSPS) is 12.5. The van der Waals surface area contributed by atoms with Gasteiger partial charge in [-0.1, -0.05) is 206 Å². The summed E-state index contributed by atoms with van der Waals surface area (Å²) in [7, 11) is 0. The lowest BCUT2D eigenvalue weighted by Crippen LogP contribution is -2.28. The van der Waals surface area contributed by atoms with Crippen molar-refractivity contribution in [3.05, 3.63) is 241 Å². The van der Waals surface area contributed by atoms with Crippen molar-refractivity contribution in [2.24, 2.45) is 0 Å². The van der Waals surface area contributed by atoms with Crippen molar-refractivity contribution in [2.75, 3.05) is 0 Å². The van der Waals surface area contributed by atoms with Gasteiger partial charge in [0.15, 0.2) is 5.82 Å². The fourth-order valence-corrected chi connectivity index (χ4v) is 8.38. The molecule has 9 aromatic rings. The van der Waals surface area contributed by atoms with Crippen molar-refractivity contribution in [3.63, 3.8) is 0 Å². The molecule has 258 valence electrons. The van der Waals surface area contributed by atoms with Gasteiger partial charge in [0.05, 0.1) is 16.8 Å². The molecule has 0 atom stereocenters. The average molecular weight is 701 g/mol. The maximum atomic E-state index is 5.02. The van der Waals surface area contributed by atoms with Gasteiger partial charge in [-0.15, -0.1) is 0 Å². The van der Waals surface area contributed by atoms with Crippen molar-refractivity contribution in [1.82, 2.24) is 9.97 Å². The van der Waals surface area contributed by atoms with Crippen LogP contribution in [0, 0.1) is 0 Å². The Hall–Kier alpha value is -7.16. The summed E-state index contributed by atoms with van der Waals surface area (Å²) in [5.74, 6) is 0.711. The maximum Gasteiger partial charge on any atom is 0.160 e. The van der Waals surface area contributed by atoms with Gasteiger partial charge in [-0.25, -0.2) is 9.97 Å². The molecule has 2 heteroatoms. The number of hydrogen-bond donors (Lipinski definition) is 0. The Kier molecular flexibility index (Phi) is 8.08. The molecular formula is C53H36N2. The molecule has 0 spiro atoms. The highest BCUT2D eigenvalue weighted by Gasteiger charge is 2.46. The minimum atomic E-state index is -0.418. The van der Waals surface area contributed by atoms with Crippen LogP contribution in [0.2, 0.25) is 0 Å². The van der Waals surface area contributed by atoms with E-state index in [4.69, 9.17) is 9.97 Å². The van der Waals surface area contributed by atoms with Gasteiger partial charge in [-0.05, 0) is 67.8 Å². The number of benzene rings is 8. The molecule has 1 aromatic heterocycles. The minimum absolute atomic E-state index is 0.418. The van der Waals surface area contributed by atoms with Gasteiger partial charge in [0.2, 0.25) is 0 Å². The molecule has 55 heavy (non-hydrogen) atoms. The zero-order valence-corrected chi connectivity index (χ0v) is 30.2. The van der Waals surface area contributed by atoms with E-state index in [2.05, 4.69) is 182 Å². The molecule has 0 aliphatic heterocycles. The number of nitrogens with zero attached hydrogens (tertiary/aromatic N) is 2. The van der Waals surface area contributed by atoms with Crippen molar-refractivity contribution >= 4 is 0 Å². The lowest BCUT2D eigenvalue weighted by atomic mass is 9.67. The number of fused-ring (bicyclic) bond motifs is 3. The Balaban J connectivity index is 1.00. The van der Waals surface area contributed by atoms with E-state index in [1.807, 2.05) is 36.4 Å². The van der Waals surface area contributed by atoms with Gasteiger partial charge < -0.3 is 0 Å². The summed E-state index contributed by atoms with van der Waals surface area (Å²) in [6.07, 6.45) is 0. The largest absolute Gasteiger partial charge is 0.228 e. The molecule has 1 aliphatic rings. The summed E-state index contributed by atoms with van der Waals surface area (Å²) in [5.41, 5.74) is 17.0. The van der Waals surface area contributed by atoms with Crippen LogP contribution in [0.5, 0.6) is 0 Å². The van der Waals surface area contributed by atoms with Crippen molar-refractivity contribution < 1.29 is 0 Å². The molecule has 10 rings (SSSR count). The molecule has 0 fully saturated rings. The molecule has 0 bridgehead atoms. The van der Waals surface area contributed by atoms with Crippen molar-refractivity contribution in [2.45, 2.75) is 5.41 Å². The Bertz CT molecular complexity index is 2660. The summed E-state index contributed by atoms with van der Waals surface area (Å²) < 4.78 is 0. The smallest absolute Gasteiger partial charge is 0.160 e. The minimum Gasteiger partial charge on any atom is -0.228 e. The maximum absolute atomic E-state index is 5.02. The number of aromatic nitrogens is 2. The molecule has 0 radical (unpaired) electrons. The highest BCUT2D eigenvalue weighted by molar-refractivity contribution is 5.88. The highest BCUT2D eigenvalue weighted by atomic mass is 14.9. The van der Waals surface area contributed by atoms with Crippen molar-refractivity contribution in [3.8, 4) is 67.3 Å². The molecular weight excluding hydrogens is 665 g/mol. The fraction of sp³-hybridized carbons (Fsp3) is 0.0189. The summed E-state index contributed by atoms with van der Waals surface area (Å²) in [5, 5.41) is 0. The summed E-state index contributed by atoms with van der Waals surface area (Å²) >= 11 is 0. The first-order chi connectivity index (χ1) is 27.3. The van der Waals surface area contributed by atoms with E-state index in [0.717, 1.165) is 39.2 Å². The van der Waals surface area contributed by atoms with Gasteiger partial charge in [-0.2, -0.15) is 0 Å². The summed E-state index contributed by atoms with van der Waals surface area (Å²) in [6.45, 7) is 0. The molecule has 2 nitrogen and oxygen atoms in total. The van der Waals surface area contributed by atoms with E-state index in [1.165, 1.54) is 44.5 Å². The van der Waals surface area contributed by atoms with Crippen LogP contribution in [-0.2, 0) is 5.41 Å². The van der Waals surface area contributed by atoms with E-state index < -0.39 is 5.41 Å². The van der Waals surface area contributed by atoms with Gasteiger partial charge in [0.25, 0.3) is 0 Å². The van der Waals surface area contributed by atoms with Crippen LogP contribution in [-0.4, -0.2) is 9.97 Å². The predicted octanol–water partition coefficient (Wildman–Crippen LogP) is 13.2. The first-order valence-electron chi connectivity index (χ1n) is 18.8. The van der Waals surface area contributed by atoms with Crippen LogP contribution in [0.15, 0.2) is 218 Å². The van der Waals surface area contributed by atoms with Crippen LogP contribution in [0.3, 0.4) is 0 Å². The van der Waals surface area contributed by atoms with Gasteiger partial charge in [-0.3, -0.25) is 0 Å². The van der Waals surface area contributed by atoms with Gasteiger partial charge in [0.1, 0.15) is 0 Å². The van der Waals surface area contributed by atoms with Crippen LogP contribution in [0.4, 0.5) is 0 Å². The number of rotatable bonds is 7. The Morgan fingerprint density at radius 1 is 0.273 bits per heavy atom. The summed E-state index contributed by atoms with van der Waals surface area (Å²) in [4.78, 5) is 10.0. The molecule has 0 unspecified atom stereocenters. The zero-order valence-electron chi connectivity index (χ0n) is 30.2. The molecule has 0 amide bonds. The fourth-order valence-electron chi connectivity index (χ4n) is 8.38. The second-order valence-electron chi connectivity index (χ2n) is 14.1. The quantitative estimate of drug-likeness (QED) is 0.165. The van der Waals surface area contributed by atoms with Crippen LogP contribution >= 0.6 is 0 Å². The first kappa shape index (κ1) is 32.5. The van der Waals surface area contributed by atoms with Crippen LogP contribution in [0.25, 0.3) is 67.3 Å². The molecule has 0 saturated carbocycles. The molecule has 0 saturated heterocycles. The molecule has 1 heterocycles. The highest BCUT2D eigenvalue weighted by Crippen LogP contribution is 2.56. The SMILES string of the molecule is c1ccc(-c2cc(-c3ccccc3)nc(-c3ccc(-c4ccc(-c5ccc6c(c5)C(c5ccccc5)(c5ccccc5)c5ccccc5-6)cc4)cc3)n2)cc1. The van der Waals surface area contributed by atoms with Crippen LogP contribution < -0.4 is 0 Å². The molecule has 0 N–H and O–H groups in total. The van der Waals surface area contributed by atoms with Crippen LogP contribution in [0.1, 0.15) is 22.3 Å². The third-order valence-electron chi connectivity index (χ3n) is 11.0. The van der Waals surface area contributed by atoms with E-state index in [1.54, 1.807) is 0 Å². The first-order valence-corrected chi connectivity index (χ1v) is 18.8. The predicted molar refractivity (Wildman–Crippen MR) is 227 cm³/mol. The second-order valence-corrected chi connectivity index (χ2v) is 14.1. The summed E-state index contributed by atoms with van der Waals surface area (Å²) in [6, 6.07) is 78.2. The van der Waals surface area contributed by atoms with E-state index in [0.29, 0.717) is 5.82 Å². The number of hydrogen-bond acceptors (Lipinski definition) is 2. The Morgan fingerprint density at radius 2 is 0.673 bits per heavy atom. The monoisotopic (exact) mass is 700 g/mol. The molecule has 1 aliphatic carbocycles. The topological polar surface area (TPSA) is 25.8 Å². The lowest BCUT2D eigenvalue weighted by molar-refractivity contribution is 0.769. The van der Waals surface area contributed by atoms with E-state index in [-0.39, 0.29) is 0 Å². The standard InChI is InChI=1S/C53H36N2/c1-5-15-40(16-6-1)50-36-51(41-17-7-2-8-18-41)55-52(54-50)42-31-29-38(30-32-42)37-25-27-39(28-26-37)43-33-34-47-46-23-13-14-24-48(46)53(49(47)35-43,44-19-9-3-10-20-44)45-21-11-4-12-22-45/h1-36H. The Morgan fingerprint density at radius 3 is 1.20 bits per heavy atom. The second kappa shape index (κ2) is 13.7. The third kappa shape index (κ3) is 5.67. The van der Waals surface area contributed by atoms with Gasteiger partial charge >= 0.3 is 0 Å².